The molecular weight excluding hydrogens is 239 g/mol. The molecule has 2 N–H and O–H groups in total. The highest BCUT2D eigenvalue weighted by molar-refractivity contribution is 5.71. The van der Waals surface area contributed by atoms with Crippen molar-refractivity contribution in [2.75, 3.05) is 26.2 Å². The Bertz CT molecular complexity index is 233. The SMILES string of the molecule is CCCCN(CCO)CC(C(=O)O)C(F)(F)F. The summed E-state index contributed by atoms with van der Waals surface area (Å²) in [7, 11) is 0. The van der Waals surface area contributed by atoms with E-state index in [1.807, 2.05) is 6.92 Å². The summed E-state index contributed by atoms with van der Waals surface area (Å²) in [5.41, 5.74) is 0. The second-order valence-electron chi connectivity index (χ2n) is 3.81. The van der Waals surface area contributed by atoms with Crippen LogP contribution in [-0.4, -0.2) is 53.5 Å². The van der Waals surface area contributed by atoms with Gasteiger partial charge in [-0.05, 0) is 13.0 Å². The third-order valence-electron chi connectivity index (χ3n) is 2.38. The van der Waals surface area contributed by atoms with Gasteiger partial charge < -0.3 is 10.2 Å². The smallest absolute Gasteiger partial charge is 0.403 e. The van der Waals surface area contributed by atoms with Crippen molar-refractivity contribution in [1.82, 2.24) is 4.90 Å². The number of hydrogen-bond donors (Lipinski definition) is 2. The van der Waals surface area contributed by atoms with Crippen LogP contribution >= 0.6 is 0 Å². The molecule has 0 aromatic heterocycles. The van der Waals surface area contributed by atoms with E-state index in [-0.39, 0.29) is 13.2 Å². The fourth-order valence-electron chi connectivity index (χ4n) is 1.40. The number of alkyl halides is 3. The first kappa shape index (κ1) is 16.2. The molecule has 0 rings (SSSR count). The van der Waals surface area contributed by atoms with E-state index in [0.29, 0.717) is 13.0 Å². The molecule has 0 heterocycles. The number of hydrogen-bond acceptors (Lipinski definition) is 3. The molecule has 4 nitrogen and oxygen atoms in total. The zero-order valence-corrected chi connectivity index (χ0v) is 9.70. The summed E-state index contributed by atoms with van der Waals surface area (Å²) in [6.07, 6.45) is -3.29. The third kappa shape index (κ3) is 6.48. The average Bonchev–Trinajstić information content (AvgIpc) is 2.19. The lowest BCUT2D eigenvalue weighted by molar-refractivity contribution is -0.196. The van der Waals surface area contributed by atoms with Crippen molar-refractivity contribution in [2.45, 2.75) is 25.9 Å². The molecule has 0 aromatic carbocycles. The zero-order valence-electron chi connectivity index (χ0n) is 9.70. The number of aliphatic hydroxyl groups excluding tert-OH is 1. The predicted molar refractivity (Wildman–Crippen MR) is 55.6 cm³/mol. The maximum Gasteiger partial charge on any atom is 0.403 e. The van der Waals surface area contributed by atoms with Gasteiger partial charge in [0, 0.05) is 13.1 Å². The van der Waals surface area contributed by atoms with Gasteiger partial charge in [-0.3, -0.25) is 9.69 Å². The van der Waals surface area contributed by atoms with E-state index in [1.54, 1.807) is 0 Å². The largest absolute Gasteiger partial charge is 0.481 e. The van der Waals surface area contributed by atoms with Crippen LogP contribution in [0, 0.1) is 5.92 Å². The minimum absolute atomic E-state index is 0.0554. The lowest BCUT2D eigenvalue weighted by Gasteiger charge is -2.25. The van der Waals surface area contributed by atoms with Crippen LogP contribution in [0.2, 0.25) is 0 Å². The van der Waals surface area contributed by atoms with Crippen molar-refractivity contribution in [3.05, 3.63) is 0 Å². The molecule has 1 unspecified atom stereocenters. The normalized spacial score (nSPS) is 14.0. The van der Waals surface area contributed by atoms with E-state index in [1.165, 1.54) is 4.90 Å². The standard InChI is InChI=1S/C10H18F3NO3/c1-2-3-4-14(5-6-15)7-8(9(16)17)10(11,12)13/h8,15H,2-7H2,1H3,(H,16,17). The Morgan fingerprint density at radius 2 is 1.94 bits per heavy atom. The molecule has 17 heavy (non-hydrogen) atoms. The summed E-state index contributed by atoms with van der Waals surface area (Å²) in [4.78, 5) is 11.9. The maximum absolute atomic E-state index is 12.4. The highest BCUT2D eigenvalue weighted by Gasteiger charge is 2.45. The van der Waals surface area contributed by atoms with Gasteiger partial charge in [-0.2, -0.15) is 13.2 Å². The summed E-state index contributed by atoms with van der Waals surface area (Å²) < 4.78 is 37.3. The molecule has 0 aliphatic heterocycles. The molecule has 0 saturated carbocycles. The second-order valence-corrected chi connectivity index (χ2v) is 3.81. The molecule has 0 fully saturated rings. The minimum atomic E-state index is -4.76. The van der Waals surface area contributed by atoms with Crippen molar-refractivity contribution in [3.8, 4) is 0 Å². The van der Waals surface area contributed by atoms with Gasteiger partial charge in [0.05, 0.1) is 6.61 Å². The van der Waals surface area contributed by atoms with E-state index in [9.17, 15) is 18.0 Å². The Morgan fingerprint density at radius 1 is 1.35 bits per heavy atom. The Morgan fingerprint density at radius 3 is 2.29 bits per heavy atom. The number of carboxylic acid groups (broad SMARTS) is 1. The fraction of sp³-hybridized carbons (Fsp3) is 0.900. The molecule has 0 amide bonds. The van der Waals surface area contributed by atoms with E-state index >= 15 is 0 Å². The molecular formula is C10H18F3NO3. The van der Waals surface area contributed by atoms with E-state index in [2.05, 4.69) is 0 Å². The third-order valence-corrected chi connectivity index (χ3v) is 2.38. The number of rotatable bonds is 8. The van der Waals surface area contributed by atoms with Crippen LogP contribution in [0.5, 0.6) is 0 Å². The van der Waals surface area contributed by atoms with E-state index in [4.69, 9.17) is 10.2 Å². The fourth-order valence-corrected chi connectivity index (χ4v) is 1.40. The van der Waals surface area contributed by atoms with Crippen LogP contribution in [0.15, 0.2) is 0 Å². The summed E-state index contributed by atoms with van der Waals surface area (Å²) in [6.45, 7) is 1.40. The van der Waals surface area contributed by atoms with Gasteiger partial charge >= 0.3 is 12.1 Å². The Labute approximate surface area is 98.0 Å². The van der Waals surface area contributed by atoms with Crippen LogP contribution in [0.3, 0.4) is 0 Å². The maximum atomic E-state index is 12.4. The first-order chi connectivity index (χ1) is 7.82. The number of unbranched alkanes of at least 4 members (excludes halogenated alkanes) is 1. The number of aliphatic carboxylic acids is 1. The lowest BCUT2D eigenvalue weighted by Crippen LogP contribution is -2.42. The number of carbonyl (C=O) groups is 1. The van der Waals surface area contributed by atoms with Gasteiger partial charge in [0.25, 0.3) is 0 Å². The quantitative estimate of drug-likeness (QED) is 0.689. The van der Waals surface area contributed by atoms with Crippen LogP contribution in [0.25, 0.3) is 0 Å². The Hall–Kier alpha value is -0.820. The zero-order chi connectivity index (χ0) is 13.5. The lowest BCUT2D eigenvalue weighted by atomic mass is 10.1. The van der Waals surface area contributed by atoms with E-state index < -0.39 is 24.6 Å². The van der Waals surface area contributed by atoms with Crippen LogP contribution in [0.1, 0.15) is 19.8 Å². The van der Waals surface area contributed by atoms with Crippen LogP contribution in [0.4, 0.5) is 13.2 Å². The Kier molecular flexibility index (Phi) is 7.13. The van der Waals surface area contributed by atoms with E-state index in [0.717, 1.165) is 6.42 Å². The van der Waals surface area contributed by atoms with Gasteiger partial charge in [-0.1, -0.05) is 13.3 Å². The minimum Gasteiger partial charge on any atom is -0.481 e. The Balaban J connectivity index is 4.51. The molecule has 0 radical (unpaired) electrons. The van der Waals surface area contributed by atoms with Crippen molar-refractivity contribution in [1.29, 1.82) is 0 Å². The molecule has 0 aliphatic carbocycles. The summed E-state index contributed by atoms with van der Waals surface area (Å²) in [6, 6.07) is 0. The first-order valence-corrected chi connectivity index (χ1v) is 5.45. The van der Waals surface area contributed by atoms with Crippen molar-refractivity contribution in [2.24, 2.45) is 5.92 Å². The molecule has 0 aliphatic rings. The molecule has 1 atom stereocenters. The average molecular weight is 257 g/mol. The highest BCUT2D eigenvalue weighted by Crippen LogP contribution is 2.27. The number of nitrogens with zero attached hydrogens (tertiary/aromatic N) is 1. The van der Waals surface area contributed by atoms with Gasteiger partial charge in [0.15, 0.2) is 5.92 Å². The van der Waals surface area contributed by atoms with Crippen molar-refractivity contribution < 1.29 is 28.2 Å². The summed E-state index contributed by atoms with van der Waals surface area (Å²) in [5.74, 6) is -4.28. The summed E-state index contributed by atoms with van der Waals surface area (Å²) >= 11 is 0. The number of aliphatic hydroxyl groups is 1. The molecule has 0 spiro atoms. The molecule has 0 bridgehead atoms. The first-order valence-electron chi connectivity index (χ1n) is 5.45. The van der Waals surface area contributed by atoms with Gasteiger partial charge in [0.2, 0.25) is 0 Å². The highest BCUT2D eigenvalue weighted by atomic mass is 19.4. The molecule has 102 valence electrons. The predicted octanol–water partition coefficient (Wildman–Crippen LogP) is 1.34. The number of carboxylic acids is 1. The van der Waals surface area contributed by atoms with Crippen molar-refractivity contribution in [3.63, 3.8) is 0 Å². The molecule has 0 aromatic rings. The molecule has 7 heteroatoms. The topological polar surface area (TPSA) is 60.8 Å². The van der Waals surface area contributed by atoms with Gasteiger partial charge in [-0.15, -0.1) is 0 Å². The summed E-state index contributed by atoms with van der Waals surface area (Å²) in [5, 5.41) is 17.3. The molecule has 0 saturated heterocycles. The number of halogens is 3. The monoisotopic (exact) mass is 257 g/mol. The van der Waals surface area contributed by atoms with Crippen molar-refractivity contribution >= 4 is 5.97 Å². The van der Waals surface area contributed by atoms with Gasteiger partial charge in [-0.25, -0.2) is 0 Å². The van der Waals surface area contributed by atoms with Gasteiger partial charge in [0.1, 0.15) is 0 Å². The second kappa shape index (κ2) is 7.50. The van der Waals surface area contributed by atoms with Crippen LogP contribution in [-0.2, 0) is 4.79 Å². The van der Waals surface area contributed by atoms with Crippen LogP contribution < -0.4 is 0 Å².